The highest BCUT2D eigenvalue weighted by molar-refractivity contribution is 5.92. The van der Waals surface area contributed by atoms with Crippen molar-refractivity contribution in [2.24, 2.45) is 5.92 Å². The Morgan fingerprint density at radius 1 is 1.29 bits per heavy atom. The molecule has 0 unspecified atom stereocenters. The van der Waals surface area contributed by atoms with E-state index < -0.39 is 12.5 Å². The SMILES string of the molecule is O=C(NC1CCC(C(=O)NCCCc2nn[nH]n2)CC1)c1ccn(C(F)F)n1. The quantitative estimate of drug-likeness (QED) is 0.567. The van der Waals surface area contributed by atoms with Gasteiger partial charge in [0.05, 0.1) is 0 Å². The molecule has 2 amide bonds. The van der Waals surface area contributed by atoms with Crippen molar-refractivity contribution < 1.29 is 18.4 Å². The number of rotatable bonds is 8. The van der Waals surface area contributed by atoms with E-state index in [2.05, 4.69) is 36.4 Å². The zero-order valence-corrected chi connectivity index (χ0v) is 15.1. The highest BCUT2D eigenvalue weighted by Crippen LogP contribution is 2.24. The van der Waals surface area contributed by atoms with E-state index in [0.29, 0.717) is 49.2 Å². The third kappa shape index (κ3) is 5.30. The van der Waals surface area contributed by atoms with E-state index in [4.69, 9.17) is 0 Å². The van der Waals surface area contributed by atoms with Gasteiger partial charge < -0.3 is 10.6 Å². The molecule has 28 heavy (non-hydrogen) atoms. The summed E-state index contributed by atoms with van der Waals surface area (Å²) < 4.78 is 25.5. The zero-order valence-electron chi connectivity index (χ0n) is 15.1. The number of halogens is 2. The molecule has 10 nitrogen and oxygen atoms in total. The van der Waals surface area contributed by atoms with Crippen LogP contribution in [0.25, 0.3) is 0 Å². The average molecular weight is 396 g/mol. The molecule has 12 heteroatoms. The van der Waals surface area contributed by atoms with Gasteiger partial charge >= 0.3 is 6.55 Å². The first kappa shape index (κ1) is 19.8. The number of tetrazole rings is 1. The Morgan fingerprint density at radius 3 is 2.71 bits per heavy atom. The fraction of sp³-hybridized carbons (Fsp3) is 0.625. The van der Waals surface area contributed by atoms with Crippen molar-refractivity contribution in [3.63, 3.8) is 0 Å². The molecule has 3 rings (SSSR count). The number of aryl methyl sites for hydroxylation is 1. The first-order valence-electron chi connectivity index (χ1n) is 9.17. The summed E-state index contributed by atoms with van der Waals surface area (Å²) in [6.07, 6.45) is 5.06. The molecule has 1 saturated carbocycles. The maximum absolute atomic E-state index is 12.5. The molecular weight excluding hydrogens is 374 g/mol. The molecule has 0 bridgehead atoms. The lowest BCUT2D eigenvalue weighted by atomic mass is 9.85. The van der Waals surface area contributed by atoms with Crippen molar-refractivity contribution in [2.45, 2.75) is 51.1 Å². The number of carbonyl (C=O) groups is 2. The Bertz CT molecular complexity index is 771. The molecule has 0 saturated heterocycles. The van der Waals surface area contributed by atoms with E-state index in [0.717, 1.165) is 12.6 Å². The normalized spacial score (nSPS) is 19.5. The van der Waals surface area contributed by atoms with Crippen molar-refractivity contribution in [1.82, 2.24) is 41.0 Å². The molecule has 0 aliphatic heterocycles. The lowest BCUT2D eigenvalue weighted by Gasteiger charge is -2.28. The summed E-state index contributed by atoms with van der Waals surface area (Å²) in [5.41, 5.74) is -0.0400. The summed E-state index contributed by atoms with van der Waals surface area (Å²) in [5, 5.41) is 22.8. The van der Waals surface area contributed by atoms with Gasteiger partial charge in [-0.25, -0.2) is 4.68 Å². The second-order valence-electron chi connectivity index (χ2n) is 6.70. The number of nitrogens with zero attached hydrogens (tertiary/aromatic N) is 5. The van der Waals surface area contributed by atoms with E-state index in [1.165, 1.54) is 6.07 Å². The molecule has 2 aromatic heterocycles. The Labute approximate surface area is 159 Å². The van der Waals surface area contributed by atoms with Crippen LogP contribution in [-0.2, 0) is 11.2 Å². The summed E-state index contributed by atoms with van der Waals surface area (Å²) in [6, 6.07) is 1.17. The van der Waals surface area contributed by atoms with E-state index in [-0.39, 0.29) is 23.6 Å². The molecular formula is C16H22F2N8O2. The fourth-order valence-electron chi connectivity index (χ4n) is 3.22. The largest absolute Gasteiger partial charge is 0.356 e. The molecule has 2 aromatic rings. The number of hydrogen-bond donors (Lipinski definition) is 3. The molecule has 1 fully saturated rings. The molecule has 0 spiro atoms. The maximum Gasteiger partial charge on any atom is 0.333 e. The van der Waals surface area contributed by atoms with Crippen LogP contribution in [0.5, 0.6) is 0 Å². The highest BCUT2D eigenvalue weighted by atomic mass is 19.3. The summed E-state index contributed by atoms with van der Waals surface area (Å²) in [4.78, 5) is 24.4. The van der Waals surface area contributed by atoms with Crippen LogP contribution in [0.1, 0.15) is 55.0 Å². The molecule has 0 aromatic carbocycles. The van der Waals surface area contributed by atoms with Crippen molar-refractivity contribution >= 4 is 11.8 Å². The van der Waals surface area contributed by atoms with Gasteiger partial charge in [0.2, 0.25) is 5.91 Å². The van der Waals surface area contributed by atoms with Crippen molar-refractivity contribution in [2.75, 3.05) is 6.54 Å². The number of aromatic nitrogens is 6. The van der Waals surface area contributed by atoms with E-state index >= 15 is 0 Å². The minimum Gasteiger partial charge on any atom is -0.356 e. The van der Waals surface area contributed by atoms with Gasteiger partial charge in [-0.05, 0) is 38.2 Å². The average Bonchev–Trinajstić information content (AvgIpc) is 3.37. The summed E-state index contributed by atoms with van der Waals surface area (Å²) in [5.74, 6) is 0.0579. The fourth-order valence-corrected chi connectivity index (χ4v) is 3.22. The van der Waals surface area contributed by atoms with Crippen LogP contribution in [0.4, 0.5) is 8.78 Å². The van der Waals surface area contributed by atoms with Gasteiger partial charge in [0, 0.05) is 31.1 Å². The standard InChI is InChI=1S/C16H22F2N8O2/c17-16(18)26-9-7-12(23-26)15(28)20-11-5-3-10(4-6-11)14(27)19-8-1-2-13-21-24-25-22-13/h7,9-11,16H,1-6,8H2,(H,19,27)(H,20,28)(H,21,22,24,25). The maximum atomic E-state index is 12.5. The van der Waals surface area contributed by atoms with Crippen LogP contribution in [0.2, 0.25) is 0 Å². The number of hydrogen-bond acceptors (Lipinski definition) is 6. The molecule has 1 aliphatic carbocycles. The number of aromatic amines is 1. The summed E-state index contributed by atoms with van der Waals surface area (Å²) >= 11 is 0. The lowest BCUT2D eigenvalue weighted by molar-refractivity contribution is -0.126. The van der Waals surface area contributed by atoms with Crippen LogP contribution >= 0.6 is 0 Å². The van der Waals surface area contributed by atoms with Gasteiger partial charge in [-0.15, -0.1) is 10.2 Å². The van der Waals surface area contributed by atoms with Crippen molar-refractivity contribution in [3.8, 4) is 0 Å². The zero-order chi connectivity index (χ0) is 19.9. The smallest absolute Gasteiger partial charge is 0.333 e. The number of alkyl halides is 2. The van der Waals surface area contributed by atoms with Crippen LogP contribution in [0.3, 0.4) is 0 Å². The predicted molar refractivity (Wildman–Crippen MR) is 92.2 cm³/mol. The minimum absolute atomic E-state index is 0.00793. The van der Waals surface area contributed by atoms with Crippen LogP contribution in [0, 0.1) is 5.92 Å². The number of amides is 2. The van der Waals surface area contributed by atoms with Gasteiger partial charge in [0.15, 0.2) is 5.82 Å². The second-order valence-corrected chi connectivity index (χ2v) is 6.70. The van der Waals surface area contributed by atoms with Crippen molar-refractivity contribution in [1.29, 1.82) is 0 Å². The second kappa shape index (κ2) is 9.33. The topological polar surface area (TPSA) is 130 Å². The Kier molecular flexibility index (Phi) is 6.61. The van der Waals surface area contributed by atoms with Gasteiger partial charge in [-0.3, -0.25) is 9.59 Å². The van der Waals surface area contributed by atoms with Crippen molar-refractivity contribution in [3.05, 3.63) is 23.8 Å². The summed E-state index contributed by atoms with van der Waals surface area (Å²) in [6.45, 7) is -2.24. The third-order valence-corrected chi connectivity index (χ3v) is 4.74. The Morgan fingerprint density at radius 2 is 2.07 bits per heavy atom. The predicted octanol–water partition coefficient (Wildman–Crippen LogP) is 0.829. The molecule has 2 heterocycles. The molecule has 0 radical (unpaired) electrons. The third-order valence-electron chi connectivity index (χ3n) is 4.74. The lowest BCUT2D eigenvalue weighted by Crippen LogP contribution is -2.41. The number of H-pyrrole nitrogens is 1. The van der Waals surface area contributed by atoms with E-state index in [1.54, 1.807) is 0 Å². The molecule has 3 N–H and O–H groups in total. The first-order valence-corrected chi connectivity index (χ1v) is 9.17. The Balaban J connectivity index is 1.35. The van der Waals surface area contributed by atoms with Crippen LogP contribution in [-0.4, -0.2) is 54.8 Å². The molecule has 1 aliphatic rings. The van der Waals surface area contributed by atoms with Crippen LogP contribution < -0.4 is 10.6 Å². The number of nitrogens with one attached hydrogen (secondary N) is 3. The van der Waals surface area contributed by atoms with Gasteiger partial charge in [0.1, 0.15) is 5.69 Å². The number of carbonyl (C=O) groups excluding carboxylic acids is 2. The van der Waals surface area contributed by atoms with Gasteiger partial charge in [-0.1, -0.05) is 5.21 Å². The Hall–Kier alpha value is -2.92. The molecule has 152 valence electrons. The highest BCUT2D eigenvalue weighted by Gasteiger charge is 2.27. The summed E-state index contributed by atoms with van der Waals surface area (Å²) in [7, 11) is 0. The van der Waals surface area contributed by atoms with Gasteiger partial charge in [0.25, 0.3) is 5.91 Å². The van der Waals surface area contributed by atoms with Crippen LogP contribution in [0.15, 0.2) is 12.3 Å². The first-order chi connectivity index (χ1) is 13.5. The monoisotopic (exact) mass is 396 g/mol. The molecule has 0 atom stereocenters. The van der Waals surface area contributed by atoms with E-state index in [1.807, 2.05) is 0 Å². The van der Waals surface area contributed by atoms with Gasteiger partial charge in [-0.2, -0.15) is 19.1 Å². The minimum atomic E-state index is -2.78. The van der Waals surface area contributed by atoms with E-state index in [9.17, 15) is 18.4 Å².